The maximum absolute atomic E-state index is 12.3. The number of hydrogen-bond acceptors (Lipinski definition) is 2. The molecule has 2 fully saturated rings. The molecule has 2 aliphatic rings. The summed E-state index contributed by atoms with van der Waals surface area (Å²) in [6, 6.07) is 8.04. The Morgan fingerprint density at radius 2 is 2.10 bits per heavy atom. The predicted octanol–water partition coefficient (Wildman–Crippen LogP) is 3.17. The van der Waals surface area contributed by atoms with Crippen molar-refractivity contribution < 1.29 is 4.79 Å². The fourth-order valence-electron chi connectivity index (χ4n) is 4.05. The Morgan fingerprint density at radius 1 is 1.25 bits per heavy atom. The van der Waals surface area contributed by atoms with Crippen LogP contribution in [0, 0.1) is 17.8 Å². The van der Waals surface area contributed by atoms with Crippen molar-refractivity contribution in [2.45, 2.75) is 38.6 Å². The minimum absolute atomic E-state index is 0.186. The maximum Gasteiger partial charge on any atom is 0.224 e. The summed E-state index contributed by atoms with van der Waals surface area (Å²) in [6.45, 7) is 0.782. The zero-order valence-electron chi connectivity index (χ0n) is 12.2. The van der Waals surface area contributed by atoms with Gasteiger partial charge in [-0.2, -0.15) is 0 Å². The Morgan fingerprint density at radius 3 is 2.80 bits per heavy atom. The number of carbonyl (C=O) groups is 1. The first kappa shape index (κ1) is 13.6. The molecule has 3 nitrogen and oxygen atoms in total. The third-order valence-electron chi connectivity index (χ3n) is 4.99. The van der Waals surface area contributed by atoms with Crippen LogP contribution in [0.3, 0.4) is 0 Å². The van der Waals surface area contributed by atoms with Crippen LogP contribution >= 0.6 is 0 Å². The van der Waals surface area contributed by atoms with Crippen LogP contribution in [0.1, 0.15) is 37.7 Å². The molecule has 1 aromatic rings. The Bertz CT molecular complexity index is 486. The predicted molar refractivity (Wildman–Crippen MR) is 81.4 cm³/mol. The van der Waals surface area contributed by atoms with E-state index in [1.165, 1.54) is 25.7 Å². The monoisotopic (exact) mass is 272 g/mol. The van der Waals surface area contributed by atoms with E-state index in [0.717, 1.165) is 29.6 Å². The maximum atomic E-state index is 12.3. The lowest BCUT2D eigenvalue weighted by Crippen LogP contribution is -2.21. The van der Waals surface area contributed by atoms with E-state index in [2.05, 4.69) is 16.7 Å². The molecule has 0 saturated heterocycles. The summed E-state index contributed by atoms with van der Waals surface area (Å²) in [4.78, 5) is 12.3. The number of benzene rings is 1. The smallest absolute Gasteiger partial charge is 0.224 e. The second-order valence-corrected chi connectivity index (χ2v) is 6.37. The highest BCUT2D eigenvalue weighted by Gasteiger charge is 2.40. The quantitative estimate of drug-likeness (QED) is 0.864. The minimum Gasteiger partial charge on any atom is -0.326 e. The highest BCUT2D eigenvalue weighted by Crippen LogP contribution is 2.49. The third-order valence-corrected chi connectivity index (χ3v) is 4.99. The van der Waals surface area contributed by atoms with E-state index in [1.807, 2.05) is 25.2 Å². The molecule has 0 spiro atoms. The van der Waals surface area contributed by atoms with Crippen molar-refractivity contribution in [3.05, 3.63) is 29.8 Å². The molecule has 3 rings (SSSR count). The number of fused-ring (bicyclic) bond motifs is 2. The van der Waals surface area contributed by atoms with Crippen molar-refractivity contribution in [3.63, 3.8) is 0 Å². The molecule has 3 unspecified atom stereocenters. The first-order valence-electron chi connectivity index (χ1n) is 7.78. The van der Waals surface area contributed by atoms with Gasteiger partial charge in [-0.15, -0.1) is 0 Å². The van der Waals surface area contributed by atoms with Gasteiger partial charge in [-0.3, -0.25) is 4.79 Å². The standard InChI is InChI=1S/C17H24N2O/c1-18-11-14-4-2-3-5-16(14)19-17(20)10-15-9-12-6-7-13(15)8-12/h2-5,12-13,15,18H,6-11H2,1H3,(H,19,20). The van der Waals surface area contributed by atoms with Gasteiger partial charge in [0.1, 0.15) is 0 Å². The number of hydrogen-bond donors (Lipinski definition) is 2. The number of nitrogens with one attached hydrogen (secondary N) is 2. The van der Waals surface area contributed by atoms with Gasteiger partial charge in [-0.1, -0.05) is 24.6 Å². The van der Waals surface area contributed by atoms with E-state index in [9.17, 15) is 4.79 Å². The van der Waals surface area contributed by atoms with Crippen LogP contribution in [-0.2, 0) is 11.3 Å². The first-order chi connectivity index (χ1) is 9.76. The molecular weight excluding hydrogens is 248 g/mol. The molecule has 20 heavy (non-hydrogen) atoms. The van der Waals surface area contributed by atoms with E-state index >= 15 is 0 Å². The van der Waals surface area contributed by atoms with Crippen molar-refractivity contribution in [3.8, 4) is 0 Å². The fraction of sp³-hybridized carbons (Fsp3) is 0.588. The summed E-state index contributed by atoms with van der Waals surface area (Å²) in [5.74, 6) is 2.55. The van der Waals surface area contributed by atoms with Gasteiger partial charge in [0.2, 0.25) is 5.91 Å². The normalized spacial score (nSPS) is 27.8. The van der Waals surface area contributed by atoms with Crippen molar-refractivity contribution in [1.29, 1.82) is 0 Å². The number of rotatable bonds is 5. The van der Waals surface area contributed by atoms with Gasteiger partial charge < -0.3 is 10.6 Å². The highest BCUT2D eigenvalue weighted by atomic mass is 16.1. The number of carbonyl (C=O) groups excluding carboxylic acids is 1. The van der Waals surface area contributed by atoms with Crippen LogP contribution < -0.4 is 10.6 Å². The highest BCUT2D eigenvalue weighted by molar-refractivity contribution is 5.91. The lowest BCUT2D eigenvalue weighted by atomic mass is 9.86. The fourth-order valence-corrected chi connectivity index (χ4v) is 4.05. The third kappa shape index (κ3) is 2.88. The van der Waals surface area contributed by atoms with Crippen LogP contribution in [-0.4, -0.2) is 13.0 Å². The van der Waals surface area contributed by atoms with Crippen LogP contribution in [0.15, 0.2) is 24.3 Å². The molecule has 1 amide bonds. The summed E-state index contributed by atoms with van der Waals surface area (Å²) >= 11 is 0. The van der Waals surface area contributed by atoms with Crippen LogP contribution in [0.4, 0.5) is 5.69 Å². The van der Waals surface area contributed by atoms with Gasteiger partial charge in [0.05, 0.1) is 0 Å². The van der Waals surface area contributed by atoms with E-state index in [0.29, 0.717) is 12.3 Å². The van der Waals surface area contributed by atoms with Crippen molar-refractivity contribution in [2.75, 3.05) is 12.4 Å². The van der Waals surface area contributed by atoms with E-state index in [-0.39, 0.29) is 5.91 Å². The molecule has 108 valence electrons. The van der Waals surface area contributed by atoms with Gasteiger partial charge in [-0.25, -0.2) is 0 Å². The first-order valence-corrected chi connectivity index (χ1v) is 7.78. The van der Waals surface area contributed by atoms with Gasteiger partial charge in [-0.05, 0) is 55.7 Å². The van der Waals surface area contributed by atoms with Crippen LogP contribution in [0.5, 0.6) is 0 Å². The van der Waals surface area contributed by atoms with Gasteiger partial charge in [0.15, 0.2) is 0 Å². The molecular formula is C17H24N2O. The molecule has 1 aromatic carbocycles. The van der Waals surface area contributed by atoms with Crippen molar-refractivity contribution in [1.82, 2.24) is 5.32 Å². The zero-order chi connectivity index (χ0) is 13.9. The summed E-state index contributed by atoms with van der Waals surface area (Å²) in [7, 11) is 1.92. The second kappa shape index (κ2) is 5.96. The number of anilines is 1. The van der Waals surface area contributed by atoms with Crippen LogP contribution in [0.2, 0.25) is 0 Å². The molecule has 2 aliphatic carbocycles. The largest absolute Gasteiger partial charge is 0.326 e. The molecule has 3 heteroatoms. The summed E-state index contributed by atoms with van der Waals surface area (Å²) < 4.78 is 0. The Balaban J connectivity index is 1.59. The van der Waals surface area contributed by atoms with Gasteiger partial charge in [0, 0.05) is 18.7 Å². The SMILES string of the molecule is CNCc1ccccc1NC(=O)CC1CC2CCC1C2. The van der Waals surface area contributed by atoms with Crippen molar-refractivity contribution >= 4 is 11.6 Å². The van der Waals surface area contributed by atoms with E-state index < -0.39 is 0 Å². The molecule has 3 atom stereocenters. The number of amides is 1. The molecule has 2 saturated carbocycles. The second-order valence-electron chi connectivity index (χ2n) is 6.37. The molecule has 0 radical (unpaired) electrons. The van der Waals surface area contributed by atoms with E-state index in [4.69, 9.17) is 0 Å². The lowest BCUT2D eigenvalue weighted by molar-refractivity contribution is -0.117. The number of para-hydroxylation sites is 1. The zero-order valence-corrected chi connectivity index (χ0v) is 12.2. The summed E-state index contributed by atoms with van der Waals surface area (Å²) in [6.07, 6.45) is 6.09. The Labute approximate surface area is 121 Å². The average Bonchev–Trinajstić information content (AvgIpc) is 3.03. The topological polar surface area (TPSA) is 41.1 Å². The molecule has 0 aliphatic heterocycles. The van der Waals surface area contributed by atoms with E-state index in [1.54, 1.807) is 0 Å². The van der Waals surface area contributed by atoms with Gasteiger partial charge in [0.25, 0.3) is 0 Å². The lowest BCUT2D eigenvalue weighted by Gasteiger charge is -2.21. The summed E-state index contributed by atoms with van der Waals surface area (Å²) in [5.41, 5.74) is 2.10. The molecule has 0 heterocycles. The van der Waals surface area contributed by atoms with Crippen molar-refractivity contribution in [2.24, 2.45) is 17.8 Å². The summed E-state index contributed by atoms with van der Waals surface area (Å²) in [5, 5.41) is 6.24. The Kier molecular flexibility index (Phi) is 4.06. The van der Waals surface area contributed by atoms with Crippen LogP contribution in [0.25, 0.3) is 0 Å². The average molecular weight is 272 g/mol. The molecule has 2 N–H and O–H groups in total. The molecule has 2 bridgehead atoms. The Hall–Kier alpha value is -1.35. The van der Waals surface area contributed by atoms with Gasteiger partial charge >= 0.3 is 0 Å². The molecule has 0 aromatic heterocycles. The minimum atomic E-state index is 0.186.